The molecule has 0 radical (unpaired) electrons. The largest absolute Gasteiger partial charge is 0.393 e. The van der Waals surface area contributed by atoms with Crippen molar-refractivity contribution in [3.8, 4) is 0 Å². The molecular weight excluding hydrogens is 182 g/mol. The summed E-state index contributed by atoms with van der Waals surface area (Å²) in [5, 5.41) is 20.7. The van der Waals surface area contributed by atoms with Crippen LogP contribution in [0.4, 0.5) is 0 Å². The fraction of sp³-hybridized carbons (Fsp3) is 0.900. The van der Waals surface area contributed by atoms with Gasteiger partial charge >= 0.3 is 0 Å². The molecule has 0 spiro atoms. The lowest BCUT2D eigenvalue weighted by atomic mass is 10.0. The fourth-order valence-corrected chi connectivity index (χ4v) is 0.878. The summed E-state index contributed by atoms with van der Waals surface area (Å²) in [6.07, 6.45) is 1.43. The summed E-state index contributed by atoms with van der Waals surface area (Å²) >= 11 is 0. The molecular formula is C10H21NO3. The van der Waals surface area contributed by atoms with Gasteiger partial charge in [0.05, 0.1) is 6.61 Å². The number of hydrogen-bond acceptors (Lipinski definition) is 3. The Morgan fingerprint density at radius 1 is 1.57 bits per heavy atom. The highest BCUT2D eigenvalue weighted by Crippen LogP contribution is 2.06. The number of carbonyl (C=O) groups is 1. The highest BCUT2D eigenvalue weighted by molar-refractivity contribution is 5.76. The highest BCUT2D eigenvalue weighted by atomic mass is 16.3. The van der Waals surface area contributed by atoms with E-state index in [-0.39, 0.29) is 19.1 Å². The normalized spacial score (nSPS) is 17.2. The van der Waals surface area contributed by atoms with Crippen LogP contribution >= 0.6 is 0 Å². The topological polar surface area (TPSA) is 69.6 Å². The van der Waals surface area contributed by atoms with Gasteiger partial charge in [-0.25, -0.2) is 0 Å². The fourth-order valence-electron chi connectivity index (χ4n) is 0.878. The summed E-state index contributed by atoms with van der Waals surface area (Å²) < 4.78 is 0. The Morgan fingerprint density at radius 2 is 2.14 bits per heavy atom. The lowest BCUT2D eigenvalue weighted by Crippen LogP contribution is -2.43. The van der Waals surface area contributed by atoms with Crippen LogP contribution in [0.15, 0.2) is 0 Å². The zero-order valence-corrected chi connectivity index (χ0v) is 9.21. The van der Waals surface area contributed by atoms with Crippen LogP contribution in [0.5, 0.6) is 0 Å². The molecule has 14 heavy (non-hydrogen) atoms. The minimum absolute atomic E-state index is 0.0759. The van der Waals surface area contributed by atoms with Crippen molar-refractivity contribution >= 4 is 5.91 Å². The number of aliphatic hydroxyl groups excluding tert-OH is 1. The Balaban J connectivity index is 3.74. The lowest BCUT2D eigenvalue weighted by Gasteiger charge is -2.21. The molecule has 0 rings (SSSR count). The van der Waals surface area contributed by atoms with E-state index in [2.05, 4.69) is 5.32 Å². The summed E-state index contributed by atoms with van der Waals surface area (Å²) in [6.45, 7) is 5.26. The van der Waals surface area contributed by atoms with Crippen LogP contribution in [-0.2, 0) is 4.79 Å². The maximum absolute atomic E-state index is 11.3. The molecule has 84 valence electrons. The molecule has 2 unspecified atom stereocenters. The summed E-state index contributed by atoms with van der Waals surface area (Å²) in [6, 6.07) is 0. The molecule has 4 nitrogen and oxygen atoms in total. The Bertz CT molecular complexity index is 180. The lowest BCUT2D eigenvalue weighted by molar-refractivity contribution is -0.123. The number of hydrogen-bond donors (Lipinski definition) is 3. The van der Waals surface area contributed by atoms with Crippen molar-refractivity contribution in [3.05, 3.63) is 0 Å². The second kappa shape index (κ2) is 5.98. The molecule has 1 amide bonds. The molecule has 0 aliphatic rings. The molecule has 0 bridgehead atoms. The van der Waals surface area contributed by atoms with E-state index in [1.165, 1.54) is 6.92 Å². The predicted molar refractivity (Wildman–Crippen MR) is 54.8 cm³/mol. The van der Waals surface area contributed by atoms with Crippen LogP contribution in [0.1, 0.15) is 33.6 Å². The molecule has 3 N–H and O–H groups in total. The average molecular weight is 203 g/mol. The number of aliphatic hydroxyl groups is 2. The van der Waals surface area contributed by atoms with E-state index in [0.29, 0.717) is 12.3 Å². The van der Waals surface area contributed by atoms with Gasteiger partial charge in [0, 0.05) is 13.0 Å². The van der Waals surface area contributed by atoms with Gasteiger partial charge in [0.15, 0.2) is 0 Å². The van der Waals surface area contributed by atoms with Crippen LogP contribution < -0.4 is 5.32 Å². The van der Waals surface area contributed by atoms with Gasteiger partial charge in [-0.15, -0.1) is 0 Å². The molecule has 0 fully saturated rings. The van der Waals surface area contributed by atoms with E-state index in [4.69, 9.17) is 5.11 Å². The Morgan fingerprint density at radius 3 is 2.57 bits per heavy atom. The third-order valence-corrected chi connectivity index (χ3v) is 2.24. The number of nitrogens with one attached hydrogen (secondary N) is 1. The first-order valence-corrected chi connectivity index (χ1v) is 5.01. The molecule has 0 aromatic heterocycles. The van der Waals surface area contributed by atoms with Crippen molar-refractivity contribution in [1.82, 2.24) is 5.32 Å². The quantitative estimate of drug-likeness (QED) is 0.581. The van der Waals surface area contributed by atoms with Crippen LogP contribution in [0.2, 0.25) is 0 Å². The molecule has 0 aromatic rings. The number of carbonyl (C=O) groups excluding carboxylic acids is 1. The van der Waals surface area contributed by atoms with E-state index in [0.717, 1.165) is 6.42 Å². The zero-order valence-electron chi connectivity index (χ0n) is 9.21. The van der Waals surface area contributed by atoms with Crippen molar-refractivity contribution in [2.75, 3.05) is 13.2 Å². The van der Waals surface area contributed by atoms with E-state index in [1.807, 2.05) is 13.8 Å². The summed E-state index contributed by atoms with van der Waals surface area (Å²) in [5.74, 6) is 0.280. The molecule has 0 aliphatic carbocycles. The van der Waals surface area contributed by atoms with Gasteiger partial charge in [0.25, 0.3) is 0 Å². The first-order valence-electron chi connectivity index (χ1n) is 5.01. The van der Waals surface area contributed by atoms with Crippen molar-refractivity contribution in [2.45, 2.75) is 39.2 Å². The first-order chi connectivity index (χ1) is 6.41. The minimum Gasteiger partial charge on any atom is -0.393 e. The van der Waals surface area contributed by atoms with Crippen LogP contribution in [-0.4, -0.2) is 34.9 Å². The average Bonchev–Trinajstić information content (AvgIpc) is 2.15. The first kappa shape index (κ1) is 13.4. The maximum atomic E-state index is 11.3. The van der Waals surface area contributed by atoms with Crippen molar-refractivity contribution in [2.24, 2.45) is 5.92 Å². The van der Waals surface area contributed by atoms with Gasteiger partial charge in [0.1, 0.15) is 5.60 Å². The molecule has 4 heteroatoms. The van der Waals surface area contributed by atoms with Gasteiger partial charge in [-0.2, -0.15) is 0 Å². The maximum Gasteiger partial charge on any atom is 0.220 e. The van der Waals surface area contributed by atoms with Crippen LogP contribution in [0, 0.1) is 5.92 Å². The van der Waals surface area contributed by atoms with Gasteiger partial charge in [0.2, 0.25) is 5.91 Å². The van der Waals surface area contributed by atoms with Gasteiger partial charge < -0.3 is 15.5 Å². The molecule has 0 saturated heterocycles. The Hall–Kier alpha value is -0.610. The SMILES string of the molecule is CCC(C)CC(=O)NCC(C)(O)CO. The second-order valence-electron chi connectivity index (χ2n) is 4.15. The van der Waals surface area contributed by atoms with Crippen molar-refractivity contribution < 1.29 is 15.0 Å². The summed E-state index contributed by atoms with van der Waals surface area (Å²) in [4.78, 5) is 11.3. The van der Waals surface area contributed by atoms with Gasteiger partial charge in [-0.3, -0.25) is 4.79 Å². The standard InChI is InChI=1S/C10H21NO3/c1-4-8(2)5-9(13)11-6-10(3,14)7-12/h8,12,14H,4-7H2,1-3H3,(H,11,13). The minimum atomic E-state index is -1.22. The van der Waals surface area contributed by atoms with E-state index in [9.17, 15) is 9.90 Å². The molecule has 0 saturated carbocycles. The van der Waals surface area contributed by atoms with E-state index < -0.39 is 5.60 Å². The smallest absolute Gasteiger partial charge is 0.220 e. The van der Waals surface area contributed by atoms with Gasteiger partial charge in [-0.1, -0.05) is 20.3 Å². The monoisotopic (exact) mass is 203 g/mol. The second-order valence-corrected chi connectivity index (χ2v) is 4.15. The van der Waals surface area contributed by atoms with Crippen LogP contribution in [0.3, 0.4) is 0 Å². The van der Waals surface area contributed by atoms with Gasteiger partial charge in [-0.05, 0) is 12.8 Å². The number of amides is 1. The zero-order chi connectivity index (χ0) is 11.2. The number of rotatable bonds is 6. The molecule has 0 aromatic carbocycles. The van der Waals surface area contributed by atoms with E-state index in [1.54, 1.807) is 0 Å². The Labute approximate surface area is 85.3 Å². The van der Waals surface area contributed by atoms with Crippen LogP contribution in [0.25, 0.3) is 0 Å². The molecule has 0 heterocycles. The third kappa shape index (κ3) is 5.94. The third-order valence-electron chi connectivity index (χ3n) is 2.24. The summed E-state index contributed by atoms with van der Waals surface area (Å²) in [5.41, 5.74) is -1.22. The van der Waals surface area contributed by atoms with E-state index >= 15 is 0 Å². The van der Waals surface area contributed by atoms with Crippen molar-refractivity contribution in [3.63, 3.8) is 0 Å². The molecule has 2 atom stereocenters. The summed E-state index contributed by atoms with van der Waals surface area (Å²) in [7, 11) is 0. The Kier molecular flexibility index (Phi) is 5.72. The predicted octanol–water partition coefficient (Wildman–Crippen LogP) is 0.282. The van der Waals surface area contributed by atoms with Crippen molar-refractivity contribution in [1.29, 1.82) is 0 Å². The highest BCUT2D eigenvalue weighted by Gasteiger charge is 2.19. The molecule has 0 aliphatic heterocycles.